The first-order valence-corrected chi connectivity index (χ1v) is 7.63. The minimum atomic E-state index is 0.261. The molecule has 1 N–H and O–H groups in total. The van der Waals surface area contributed by atoms with Crippen molar-refractivity contribution in [2.24, 2.45) is 0 Å². The fourth-order valence-electron chi connectivity index (χ4n) is 1.98. The predicted octanol–water partition coefficient (Wildman–Crippen LogP) is 3.70. The van der Waals surface area contributed by atoms with Gasteiger partial charge in [-0.1, -0.05) is 37.6 Å². The van der Waals surface area contributed by atoms with Crippen LogP contribution in [0.25, 0.3) is 0 Å². The lowest BCUT2D eigenvalue weighted by Crippen LogP contribution is -2.27. The van der Waals surface area contributed by atoms with Crippen molar-refractivity contribution in [2.75, 3.05) is 25.1 Å². The van der Waals surface area contributed by atoms with Crippen LogP contribution in [0.1, 0.15) is 33.3 Å². The van der Waals surface area contributed by atoms with E-state index in [2.05, 4.69) is 37.2 Å². The van der Waals surface area contributed by atoms with E-state index in [-0.39, 0.29) is 6.10 Å². The summed E-state index contributed by atoms with van der Waals surface area (Å²) in [5, 5.41) is 4.23. The van der Waals surface area contributed by atoms with Gasteiger partial charge in [0.1, 0.15) is 0 Å². The second-order valence-electron chi connectivity index (χ2n) is 5.62. The highest BCUT2D eigenvalue weighted by molar-refractivity contribution is 6.33. The molecule has 0 bridgehead atoms. The molecule has 0 aromatic heterocycles. The quantitative estimate of drug-likeness (QED) is 0.792. The normalized spacial score (nSPS) is 11.4. The molecular weight excluding hydrogens is 272 g/mol. The van der Waals surface area contributed by atoms with Crippen molar-refractivity contribution in [3.05, 3.63) is 28.8 Å². The molecule has 0 atom stereocenters. The topological polar surface area (TPSA) is 24.5 Å². The van der Waals surface area contributed by atoms with Gasteiger partial charge in [0.2, 0.25) is 0 Å². The molecule has 0 amide bonds. The third kappa shape index (κ3) is 5.70. The highest BCUT2D eigenvalue weighted by Gasteiger charge is 2.12. The minimum absolute atomic E-state index is 0.261. The molecule has 4 heteroatoms. The van der Waals surface area contributed by atoms with E-state index < -0.39 is 0 Å². The molecule has 0 spiro atoms. The zero-order valence-corrected chi connectivity index (χ0v) is 14.0. The van der Waals surface area contributed by atoms with Crippen LogP contribution in [0.5, 0.6) is 0 Å². The number of nitrogens with zero attached hydrogens (tertiary/aromatic N) is 1. The Kier molecular flexibility index (Phi) is 7.35. The summed E-state index contributed by atoms with van der Waals surface area (Å²) < 4.78 is 5.61. The van der Waals surface area contributed by atoms with E-state index in [1.54, 1.807) is 0 Å². The zero-order valence-electron chi connectivity index (χ0n) is 13.2. The smallest absolute Gasteiger partial charge is 0.0644 e. The Labute approximate surface area is 128 Å². The highest BCUT2D eigenvalue weighted by Crippen LogP contribution is 2.29. The number of halogens is 1. The van der Waals surface area contributed by atoms with Gasteiger partial charge in [-0.2, -0.15) is 0 Å². The Morgan fingerprint density at radius 1 is 1.25 bits per heavy atom. The lowest BCUT2D eigenvalue weighted by atomic mass is 10.1. The van der Waals surface area contributed by atoms with Crippen molar-refractivity contribution < 1.29 is 4.74 Å². The number of benzene rings is 1. The molecule has 0 aliphatic rings. The van der Waals surface area contributed by atoms with Crippen molar-refractivity contribution in [3.63, 3.8) is 0 Å². The molecule has 3 nitrogen and oxygen atoms in total. The molecule has 0 saturated carbocycles. The lowest BCUT2D eigenvalue weighted by Gasteiger charge is -2.24. The first kappa shape index (κ1) is 17.3. The first-order chi connectivity index (χ1) is 9.41. The van der Waals surface area contributed by atoms with Crippen LogP contribution in [0.3, 0.4) is 0 Å². The summed E-state index contributed by atoms with van der Waals surface area (Å²) in [6.45, 7) is 10.7. The zero-order chi connectivity index (χ0) is 15.1. The molecule has 20 heavy (non-hydrogen) atoms. The third-order valence-electron chi connectivity index (χ3n) is 3.03. The van der Waals surface area contributed by atoms with Crippen LogP contribution in [-0.2, 0) is 11.3 Å². The summed E-state index contributed by atoms with van der Waals surface area (Å²) in [6, 6.07) is 6.52. The van der Waals surface area contributed by atoms with Crippen molar-refractivity contribution in [1.82, 2.24) is 5.32 Å². The number of likely N-dealkylation sites (N-methyl/N-ethyl adjacent to an activating group) is 1. The SMILES string of the molecule is CC(C)NCc1cccc(Cl)c1N(C)CCOC(C)C. The van der Waals surface area contributed by atoms with Gasteiger partial charge in [-0.25, -0.2) is 0 Å². The van der Waals surface area contributed by atoms with E-state index >= 15 is 0 Å². The number of hydrogen-bond acceptors (Lipinski definition) is 3. The maximum atomic E-state index is 6.37. The predicted molar refractivity (Wildman–Crippen MR) is 87.8 cm³/mol. The Balaban J connectivity index is 2.75. The Morgan fingerprint density at radius 3 is 2.55 bits per heavy atom. The molecular formula is C16H27ClN2O. The average molecular weight is 299 g/mol. The van der Waals surface area contributed by atoms with Crippen molar-refractivity contribution in [2.45, 2.75) is 46.4 Å². The second kappa shape index (κ2) is 8.50. The monoisotopic (exact) mass is 298 g/mol. The number of nitrogens with one attached hydrogen (secondary N) is 1. The molecule has 114 valence electrons. The summed E-state index contributed by atoms with van der Waals surface area (Å²) in [7, 11) is 2.06. The Morgan fingerprint density at radius 2 is 1.95 bits per heavy atom. The molecule has 0 aliphatic heterocycles. The largest absolute Gasteiger partial charge is 0.377 e. The maximum absolute atomic E-state index is 6.37. The second-order valence-corrected chi connectivity index (χ2v) is 6.03. The number of para-hydroxylation sites is 1. The van der Waals surface area contributed by atoms with E-state index in [0.717, 1.165) is 23.8 Å². The number of hydrogen-bond donors (Lipinski definition) is 1. The van der Waals surface area contributed by atoms with Crippen LogP contribution >= 0.6 is 11.6 Å². The average Bonchev–Trinajstić information content (AvgIpc) is 2.35. The molecule has 0 fully saturated rings. The fourth-order valence-corrected chi connectivity index (χ4v) is 2.32. The van der Waals surface area contributed by atoms with Gasteiger partial charge in [-0.05, 0) is 25.5 Å². The Bertz CT molecular complexity index is 407. The van der Waals surface area contributed by atoms with Crippen molar-refractivity contribution in [3.8, 4) is 0 Å². The molecule has 0 unspecified atom stereocenters. The van der Waals surface area contributed by atoms with Crippen LogP contribution in [0.15, 0.2) is 18.2 Å². The number of rotatable bonds is 8. The van der Waals surface area contributed by atoms with Crippen LogP contribution in [0.2, 0.25) is 5.02 Å². The molecule has 0 saturated heterocycles. The van der Waals surface area contributed by atoms with Crippen molar-refractivity contribution in [1.29, 1.82) is 0 Å². The maximum Gasteiger partial charge on any atom is 0.0644 e. The van der Waals surface area contributed by atoms with Gasteiger partial charge in [0.25, 0.3) is 0 Å². The fraction of sp³-hybridized carbons (Fsp3) is 0.625. The van der Waals surface area contributed by atoms with Crippen molar-refractivity contribution >= 4 is 17.3 Å². The lowest BCUT2D eigenvalue weighted by molar-refractivity contribution is 0.0846. The number of ether oxygens (including phenoxy) is 1. The first-order valence-electron chi connectivity index (χ1n) is 7.25. The van der Waals surface area contributed by atoms with Gasteiger partial charge in [0.15, 0.2) is 0 Å². The molecule has 1 aromatic rings. The summed E-state index contributed by atoms with van der Waals surface area (Å²) in [6.07, 6.45) is 0.261. The van der Waals surface area contributed by atoms with Crippen LogP contribution in [-0.4, -0.2) is 32.3 Å². The third-order valence-corrected chi connectivity index (χ3v) is 3.34. The van der Waals surface area contributed by atoms with E-state index in [4.69, 9.17) is 16.3 Å². The molecule has 0 heterocycles. The van der Waals surface area contributed by atoms with Gasteiger partial charge in [-0.3, -0.25) is 0 Å². The van der Waals surface area contributed by atoms with Gasteiger partial charge in [0.05, 0.1) is 23.4 Å². The summed E-state index contributed by atoms with van der Waals surface area (Å²) in [5.74, 6) is 0. The van der Waals surface area contributed by atoms with Gasteiger partial charge < -0.3 is 15.0 Å². The molecule has 0 radical (unpaired) electrons. The molecule has 1 rings (SSSR count). The van der Waals surface area contributed by atoms with E-state index in [1.807, 2.05) is 26.0 Å². The standard InChI is InChI=1S/C16H27ClN2O/c1-12(2)18-11-14-7-6-8-15(17)16(14)19(5)9-10-20-13(3)4/h6-8,12-13,18H,9-11H2,1-5H3. The summed E-state index contributed by atoms with van der Waals surface area (Å²) in [4.78, 5) is 2.17. The molecule has 1 aromatic carbocycles. The van der Waals surface area contributed by atoms with E-state index in [0.29, 0.717) is 12.6 Å². The summed E-state index contributed by atoms with van der Waals surface area (Å²) >= 11 is 6.37. The van der Waals surface area contributed by atoms with Crippen LogP contribution in [0.4, 0.5) is 5.69 Å². The highest BCUT2D eigenvalue weighted by atomic mass is 35.5. The van der Waals surface area contributed by atoms with Crippen LogP contribution < -0.4 is 10.2 Å². The van der Waals surface area contributed by atoms with E-state index in [1.165, 1.54) is 5.56 Å². The van der Waals surface area contributed by atoms with Gasteiger partial charge >= 0.3 is 0 Å². The molecule has 0 aliphatic carbocycles. The van der Waals surface area contributed by atoms with E-state index in [9.17, 15) is 0 Å². The number of anilines is 1. The van der Waals surface area contributed by atoms with Gasteiger partial charge in [0, 0.05) is 26.2 Å². The summed E-state index contributed by atoms with van der Waals surface area (Å²) in [5.41, 5.74) is 2.31. The van der Waals surface area contributed by atoms with Crippen LogP contribution in [0, 0.1) is 0 Å². The van der Waals surface area contributed by atoms with Gasteiger partial charge in [-0.15, -0.1) is 0 Å². The minimum Gasteiger partial charge on any atom is -0.377 e. The Hall–Kier alpha value is -0.770.